The average Bonchev–Trinajstić information content (AvgIpc) is 2.85. The Morgan fingerprint density at radius 3 is 2.87 bits per heavy atom. The summed E-state index contributed by atoms with van der Waals surface area (Å²) in [6.07, 6.45) is 0.414. The minimum atomic E-state index is -0.326. The summed E-state index contributed by atoms with van der Waals surface area (Å²) in [6, 6.07) is 8.04. The first-order valence-electron chi connectivity index (χ1n) is 8.02. The number of fused-ring (bicyclic) bond motifs is 1. The van der Waals surface area contributed by atoms with E-state index in [2.05, 4.69) is 30.0 Å². The SMILES string of the molecule is CCC(O)CN1CCOc2c(O)cc(-c3ccc(C)s3)cc2C1. The number of aliphatic hydroxyl groups is 1. The Balaban J connectivity index is 1.91. The van der Waals surface area contributed by atoms with Gasteiger partial charge in [-0.1, -0.05) is 6.92 Å². The van der Waals surface area contributed by atoms with Crippen LogP contribution in [0.15, 0.2) is 24.3 Å². The monoisotopic (exact) mass is 333 g/mol. The van der Waals surface area contributed by atoms with Gasteiger partial charge in [-0.2, -0.15) is 0 Å². The van der Waals surface area contributed by atoms with Crippen LogP contribution in [0.5, 0.6) is 11.5 Å². The molecule has 0 saturated carbocycles. The highest BCUT2D eigenvalue weighted by atomic mass is 32.1. The lowest BCUT2D eigenvalue weighted by Gasteiger charge is -2.22. The molecule has 0 radical (unpaired) electrons. The molecule has 1 aliphatic rings. The molecule has 3 rings (SSSR count). The lowest BCUT2D eigenvalue weighted by molar-refractivity contribution is 0.101. The van der Waals surface area contributed by atoms with Crippen LogP contribution in [0.4, 0.5) is 0 Å². The van der Waals surface area contributed by atoms with Crippen LogP contribution >= 0.6 is 11.3 Å². The van der Waals surface area contributed by atoms with E-state index in [0.29, 0.717) is 25.4 Å². The number of aliphatic hydroxyl groups excluding tert-OH is 1. The molecule has 0 aliphatic carbocycles. The molecule has 0 fully saturated rings. The predicted molar refractivity (Wildman–Crippen MR) is 93.2 cm³/mol. The van der Waals surface area contributed by atoms with Crippen molar-refractivity contribution in [3.8, 4) is 21.9 Å². The smallest absolute Gasteiger partial charge is 0.165 e. The fourth-order valence-electron chi connectivity index (χ4n) is 2.87. The van der Waals surface area contributed by atoms with E-state index >= 15 is 0 Å². The summed E-state index contributed by atoms with van der Waals surface area (Å²) in [5, 5.41) is 20.3. The van der Waals surface area contributed by atoms with E-state index in [1.807, 2.05) is 6.92 Å². The molecule has 1 aromatic heterocycles. The van der Waals surface area contributed by atoms with Gasteiger partial charge < -0.3 is 14.9 Å². The third-order valence-electron chi connectivity index (χ3n) is 4.16. The van der Waals surface area contributed by atoms with Crippen molar-refractivity contribution in [1.82, 2.24) is 4.90 Å². The number of phenols is 1. The number of aromatic hydroxyl groups is 1. The zero-order valence-electron chi connectivity index (χ0n) is 13.6. The molecule has 0 bridgehead atoms. The number of nitrogens with zero attached hydrogens (tertiary/aromatic N) is 1. The molecule has 1 aliphatic heterocycles. The number of hydrogen-bond donors (Lipinski definition) is 2. The van der Waals surface area contributed by atoms with Crippen LogP contribution in [0.25, 0.3) is 10.4 Å². The second-order valence-corrected chi connectivity index (χ2v) is 7.33. The van der Waals surface area contributed by atoms with Gasteiger partial charge in [-0.25, -0.2) is 0 Å². The second kappa shape index (κ2) is 6.91. The maximum absolute atomic E-state index is 10.4. The van der Waals surface area contributed by atoms with Crippen molar-refractivity contribution in [2.45, 2.75) is 32.9 Å². The molecule has 5 heteroatoms. The Morgan fingerprint density at radius 1 is 1.35 bits per heavy atom. The average molecular weight is 333 g/mol. The Morgan fingerprint density at radius 2 is 2.17 bits per heavy atom. The number of rotatable bonds is 4. The van der Waals surface area contributed by atoms with Crippen molar-refractivity contribution in [3.05, 3.63) is 34.7 Å². The third-order valence-corrected chi connectivity index (χ3v) is 5.21. The zero-order chi connectivity index (χ0) is 16.4. The summed E-state index contributed by atoms with van der Waals surface area (Å²) in [6.45, 7) is 6.64. The molecule has 4 nitrogen and oxygen atoms in total. The van der Waals surface area contributed by atoms with Gasteiger partial charge in [-0.15, -0.1) is 11.3 Å². The molecule has 23 heavy (non-hydrogen) atoms. The predicted octanol–water partition coefficient (Wildman–Crippen LogP) is 3.39. The number of thiophene rings is 1. The van der Waals surface area contributed by atoms with Crippen molar-refractivity contribution < 1.29 is 14.9 Å². The number of phenolic OH excluding ortho intramolecular Hbond substituents is 1. The molecule has 2 N–H and O–H groups in total. The van der Waals surface area contributed by atoms with Crippen LogP contribution in [0.2, 0.25) is 0 Å². The van der Waals surface area contributed by atoms with Crippen LogP contribution < -0.4 is 4.74 Å². The maximum atomic E-state index is 10.4. The number of ether oxygens (including phenoxy) is 1. The standard InChI is InChI=1S/C18H23NO3S/c1-3-15(20)11-19-6-7-22-18-14(10-19)8-13(9-16(18)21)17-5-4-12(2)23-17/h4-5,8-9,15,20-21H,3,6-7,10-11H2,1-2H3. The first-order chi connectivity index (χ1) is 11.1. The lowest BCUT2D eigenvalue weighted by atomic mass is 10.1. The minimum absolute atomic E-state index is 0.196. The largest absolute Gasteiger partial charge is 0.504 e. The van der Waals surface area contributed by atoms with Gasteiger partial charge in [0.1, 0.15) is 6.61 Å². The molecule has 124 valence electrons. The molecule has 2 heterocycles. The van der Waals surface area contributed by atoms with Gasteiger partial charge in [-0.05, 0) is 43.2 Å². The van der Waals surface area contributed by atoms with Crippen molar-refractivity contribution in [2.75, 3.05) is 19.7 Å². The van der Waals surface area contributed by atoms with E-state index in [-0.39, 0.29) is 11.9 Å². The van der Waals surface area contributed by atoms with Crippen LogP contribution in [0, 0.1) is 6.92 Å². The van der Waals surface area contributed by atoms with E-state index in [1.54, 1.807) is 17.4 Å². The molecule has 0 amide bonds. The maximum Gasteiger partial charge on any atom is 0.165 e. The van der Waals surface area contributed by atoms with E-state index < -0.39 is 0 Å². The highest BCUT2D eigenvalue weighted by molar-refractivity contribution is 7.15. The summed E-state index contributed by atoms with van der Waals surface area (Å²) < 4.78 is 5.75. The number of benzene rings is 1. The van der Waals surface area contributed by atoms with Crippen molar-refractivity contribution in [1.29, 1.82) is 0 Å². The number of hydrogen-bond acceptors (Lipinski definition) is 5. The highest BCUT2D eigenvalue weighted by Crippen LogP contribution is 2.39. The van der Waals surface area contributed by atoms with Gasteiger partial charge in [0.05, 0.1) is 6.10 Å². The van der Waals surface area contributed by atoms with Gasteiger partial charge in [0.2, 0.25) is 0 Å². The fourth-order valence-corrected chi connectivity index (χ4v) is 3.72. The summed E-state index contributed by atoms with van der Waals surface area (Å²) >= 11 is 1.71. The van der Waals surface area contributed by atoms with Gasteiger partial charge in [0.25, 0.3) is 0 Å². The topological polar surface area (TPSA) is 52.9 Å². The first kappa shape index (κ1) is 16.3. The van der Waals surface area contributed by atoms with Crippen LogP contribution in [-0.2, 0) is 6.54 Å². The Hall–Kier alpha value is -1.56. The highest BCUT2D eigenvalue weighted by Gasteiger charge is 2.21. The Kier molecular flexibility index (Phi) is 4.90. The molecule has 1 unspecified atom stereocenters. The molecule has 0 spiro atoms. The fraction of sp³-hybridized carbons (Fsp3) is 0.444. The normalized spacial score (nSPS) is 16.5. The van der Waals surface area contributed by atoms with Crippen molar-refractivity contribution in [2.24, 2.45) is 0 Å². The Bertz CT molecular complexity index is 683. The zero-order valence-corrected chi connectivity index (χ0v) is 14.4. The van der Waals surface area contributed by atoms with Gasteiger partial charge in [0, 0.05) is 35.0 Å². The molecule has 2 aromatic rings. The lowest BCUT2D eigenvalue weighted by Crippen LogP contribution is -2.33. The summed E-state index contributed by atoms with van der Waals surface area (Å²) in [5.74, 6) is 0.775. The molecule has 1 aromatic carbocycles. The minimum Gasteiger partial charge on any atom is -0.504 e. The van der Waals surface area contributed by atoms with Crippen molar-refractivity contribution >= 4 is 11.3 Å². The van der Waals surface area contributed by atoms with Crippen LogP contribution in [0.3, 0.4) is 0 Å². The van der Waals surface area contributed by atoms with E-state index in [9.17, 15) is 10.2 Å². The third kappa shape index (κ3) is 3.68. The van der Waals surface area contributed by atoms with Crippen molar-refractivity contribution in [3.63, 3.8) is 0 Å². The summed E-state index contributed by atoms with van der Waals surface area (Å²) in [5.41, 5.74) is 1.99. The van der Waals surface area contributed by atoms with Crippen LogP contribution in [-0.4, -0.2) is 40.9 Å². The molecular formula is C18H23NO3S. The molecule has 1 atom stereocenters. The number of aryl methyl sites for hydroxylation is 1. The van der Waals surface area contributed by atoms with E-state index in [4.69, 9.17) is 4.74 Å². The summed E-state index contributed by atoms with van der Waals surface area (Å²) in [4.78, 5) is 4.58. The molecular weight excluding hydrogens is 310 g/mol. The quantitative estimate of drug-likeness (QED) is 0.900. The second-order valence-electron chi connectivity index (χ2n) is 6.04. The summed E-state index contributed by atoms with van der Waals surface area (Å²) in [7, 11) is 0. The Labute approximate surface area is 141 Å². The first-order valence-corrected chi connectivity index (χ1v) is 8.84. The van der Waals surface area contributed by atoms with E-state index in [0.717, 1.165) is 29.0 Å². The molecule has 0 saturated heterocycles. The van der Waals surface area contributed by atoms with Gasteiger partial charge >= 0.3 is 0 Å². The van der Waals surface area contributed by atoms with Gasteiger partial charge in [0.15, 0.2) is 11.5 Å². The van der Waals surface area contributed by atoms with Crippen LogP contribution in [0.1, 0.15) is 23.8 Å². The van der Waals surface area contributed by atoms with E-state index in [1.165, 1.54) is 4.88 Å². The number of β-amino-alcohol motifs (C(OH)–C–C–N with tert-alkyl or cyclic N) is 1. The van der Waals surface area contributed by atoms with Gasteiger partial charge in [-0.3, -0.25) is 4.90 Å².